The van der Waals surface area contributed by atoms with Gasteiger partial charge < -0.3 is 14.3 Å². The Kier molecular flexibility index (Phi) is 8.59. The number of rotatable bonds is 10. The van der Waals surface area contributed by atoms with Crippen molar-refractivity contribution in [2.24, 2.45) is 0 Å². The van der Waals surface area contributed by atoms with Crippen LogP contribution >= 0.6 is 0 Å². The maximum absolute atomic E-state index is 11.7. The van der Waals surface area contributed by atoms with Crippen LogP contribution in [0.3, 0.4) is 0 Å². The summed E-state index contributed by atoms with van der Waals surface area (Å²) in [5.74, 6) is -0.605. The van der Waals surface area contributed by atoms with Crippen LogP contribution in [-0.2, 0) is 14.0 Å². The molecule has 2 rings (SSSR count). The fourth-order valence-electron chi connectivity index (χ4n) is 3.81. The predicted molar refractivity (Wildman–Crippen MR) is 125 cm³/mol. The van der Waals surface area contributed by atoms with E-state index in [1.54, 1.807) is 6.92 Å². The highest BCUT2D eigenvalue weighted by Gasteiger charge is 2.49. The van der Waals surface area contributed by atoms with Crippen molar-refractivity contribution in [3.05, 3.63) is 72.8 Å². The van der Waals surface area contributed by atoms with E-state index in [-0.39, 0.29) is 18.1 Å². The summed E-state index contributed by atoms with van der Waals surface area (Å²) in [5, 5.41) is 12.3. The minimum absolute atomic E-state index is 0.0957. The maximum Gasteiger partial charge on any atom is 0.335 e. The van der Waals surface area contributed by atoms with Crippen LogP contribution in [0, 0.1) is 0 Å². The first kappa shape index (κ1) is 24.1. The van der Waals surface area contributed by atoms with Gasteiger partial charge in [-0.3, -0.25) is 0 Å². The Bertz CT molecular complexity index is 773. The quantitative estimate of drug-likeness (QED) is 0.356. The normalized spacial score (nSPS) is 13.0. The van der Waals surface area contributed by atoms with Gasteiger partial charge in [0.2, 0.25) is 0 Å². The molecule has 0 aromatic heterocycles. The van der Waals surface area contributed by atoms with Gasteiger partial charge in [-0.2, -0.15) is 0 Å². The largest absolute Gasteiger partial charge is 0.464 e. The molecule has 5 heteroatoms. The number of hydrogen-bond donors (Lipinski definition) is 1. The Balaban J connectivity index is 2.23. The minimum Gasteiger partial charge on any atom is -0.464 e. The molecule has 0 spiro atoms. The fourth-order valence-corrected chi connectivity index (χ4v) is 8.37. The van der Waals surface area contributed by atoms with Crippen LogP contribution in [0.5, 0.6) is 0 Å². The third-order valence-electron chi connectivity index (χ3n) is 5.23. The van der Waals surface area contributed by atoms with Gasteiger partial charge in [-0.15, -0.1) is 0 Å². The average Bonchev–Trinajstić information content (AvgIpc) is 2.71. The molecule has 1 N–H and O–H groups in total. The molecule has 4 nitrogen and oxygen atoms in total. The minimum atomic E-state index is -2.59. The third-order valence-corrected chi connectivity index (χ3v) is 10.3. The summed E-state index contributed by atoms with van der Waals surface area (Å²) in [7, 11) is -2.59. The van der Waals surface area contributed by atoms with Gasteiger partial charge in [-0.05, 0) is 28.8 Å². The smallest absolute Gasteiger partial charge is 0.335 e. The third kappa shape index (κ3) is 5.69. The molecule has 0 bridgehead atoms. The van der Waals surface area contributed by atoms with Crippen molar-refractivity contribution in [2.45, 2.75) is 51.7 Å². The topological polar surface area (TPSA) is 55.8 Å². The van der Waals surface area contributed by atoms with Crippen LogP contribution in [0.4, 0.5) is 0 Å². The first-order chi connectivity index (χ1) is 14.2. The lowest BCUT2D eigenvalue weighted by atomic mass is 10.1. The zero-order valence-corrected chi connectivity index (χ0v) is 19.6. The van der Waals surface area contributed by atoms with Crippen molar-refractivity contribution < 1.29 is 19.1 Å². The second-order valence-corrected chi connectivity index (χ2v) is 12.8. The van der Waals surface area contributed by atoms with Crippen LogP contribution in [0.15, 0.2) is 72.8 Å². The molecule has 2 aromatic carbocycles. The highest BCUT2D eigenvalue weighted by atomic mass is 28.4. The molecule has 0 saturated carbocycles. The summed E-state index contributed by atoms with van der Waals surface area (Å²) < 4.78 is 11.7. The molecule has 2 aromatic rings. The van der Waals surface area contributed by atoms with E-state index >= 15 is 0 Å². The van der Waals surface area contributed by atoms with Crippen LogP contribution in [-0.4, -0.2) is 38.7 Å². The predicted octanol–water partition coefficient (Wildman–Crippen LogP) is 3.82. The second-order valence-electron chi connectivity index (χ2n) is 8.48. The number of benzene rings is 2. The van der Waals surface area contributed by atoms with E-state index in [1.165, 1.54) is 10.4 Å². The molecule has 0 fully saturated rings. The molecule has 0 aliphatic heterocycles. The molecule has 0 saturated heterocycles. The molecule has 0 radical (unpaired) electrons. The molecule has 162 valence electrons. The Morgan fingerprint density at radius 1 is 1.03 bits per heavy atom. The van der Waals surface area contributed by atoms with E-state index < -0.39 is 20.4 Å². The number of carbonyl (C=O) groups excluding carboxylic acids is 1. The summed E-state index contributed by atoms with van der Waals surface area (Å²) in [6.07, 6.45) is -0.422. The first-order valence-electron chi connectivity index (χ1n) is 10.5. The summed E-state index contributed by atoms with van der Waals surface area (Å²) >= 11 is 0. The summed E-state index contributed by atoms with van der Waals surface area (Å²) in [6.45, 7) is 13.2. The molecular weight excluding hydrogens is 392 g/mol. The van der Waals surface area contributed by atoms with Crippen molar-refractivity contribution in [2.75, 3.05) is 13.2 Å². The fraction of sp³-hybridized carbons (Fsp3) is 0.400. The van der Waals surface area contributed by atoms with Crippen LogP contribution in [0.1, 0.15) is 40.5 Å². The lowest BCUT2D eigenvalue weighted by Gasteiger charge is -2.43. The second kappa shape index (κ2) is 10.7. The lowest BCUT2D eigenvalue weighted by Crippen LogP contribution is -2.66. The molecule has 0 heterocycles. The van der Waals surface area contributed by atoms with Gasteiger partial charge in [0.25, 0.3) is 8.32 Å². The number of carbonyl (C=O) groups is 1. The molecule has 0 aliphatic carbocycles. The van der Waals surface area contributed by atoms with Gasteiger partial charge in [-0.25, -0.2) is 4.79 Å². The Hall–Kier alpha value is -2.21. The monoisotopic (exact) mass is 426 g/mol. The highest BCUT2D eigenvalue weighted by Crippen LogP contribution is 2.36. The standard InChI is InChI=1S/C25H34O4Si/c1-6-28-24(27)23(26)19-20(2)17-18-29-30(25(3,4)5,21-13-9-7-10-14-21)22-15-11-8-12-16-22/h7-16,23,26H,2,6,17-19H2,1,3-5H3/t23-/m0/s1. The zero-order valence-electron chi connectivity index (χ0n) is 18.6. The van der Waals surface area contributed by atoms with Crippen molar-refractivity contribution >= 4 is 24.7 Å². The van der Waals surface area contributed by atoms with Gasteiger partial charge >= 0.3 is 5.97 Å². The number of aliphatic hydroxyl groups is 1. The molecule has 0 amide bonds. The molecular formula is C25H34O4Si. The van der Waals surface area contributed by atoms with E-state index in [0.29, 0.717) is 13.0 Å². The van der Waals surface area contributed by atoms with Gasteiger partial charge in [0, 0.05) is 13.0 Å². The van der Waals surface area contributed by atoms with Gasteiger partial charge in [0.15, 0.2) is 6.10 Å². The number of ether oxygens (including phenoxy) is 1. The number of esters is 1. The van der Waals surface area contributed by atoms with Gasteiger partial charge in [0.05, 0.1) is 6.61 Å². The van der Waals surface area contributed by atoms with E-state index in [4.69, 9.17) is 9.16 Å². The van der Waals surface area contributed by atoms with Gasteiger partial charge in [0.1, 0.15) is 0 Å². The number of hydrogen-bond acceptors (Lipinski definition) is 4. The summed E-state index contributed by atoms with van der Waals surface area (Å²) in [6, 6.07) is 20.9. The van der Waals surface area contributed by atoms with Crippen LogP contribution in [0.25, 0.3) is 0 Å². The molecule has 0 aliphatic rings. The van der Waals surface area contributed by atoms with Crippen LogP contribution in [0.2, 0.25) is 5.04 Å². The van der Waals surface area contributed by atoms with Crippen molar-refractivity contribution in [1.29, 1.82) is 0 Å². The Morgan fingerprint density at radius 2 is 1.53 bits per heavy atom. The zero-order chi connectivity index (χ0) is 22.2. The average molecular weight is 427 g/mol. The lowest BCUT2D eigenvalue weighted by molar-refractivity contribution is -0.152. The van der Waals surface area contributed by atoms with E-state index in [2.05, 4.69) is 75.9 Å². The first-order valence-corrected chi connectivity index (χ1v) is 12.4. The highest BCUT2D eigenvalue weighted by molar-refractivity contribution is 6.99. The maximum atomic E-state index is 11.7. The Morgan fingerprint density at radius 3 is 1.97 bits per heavy atom. The van der Waals surface area contributed by atoms with Crippen molar-refractivity contribution in [3.63, 3.8) is 0 Å². The molecule has 30 heavy (non-hydrogen) atoms. The SMILES string of the molecule is C=C(CCO[Si](c1ccccc1)(c1ccccc1)C(C)(C)C)C[C@H](O)C(=O)OCC. The van der Waals surface area contributed by atoms with Gasteiger partial charge in [-0.1, -0.05) is 93.6 Å². The van der Waals surface area contributed by atoms with E-state index in [0.717, 1.165) is 5.57 Å². The van der Waals surface area contributed by atoms with Crippen molar-refractivity contribution in [3.8, 4) is 0 Å². The van der Waals surface area contributed by atoms with E-state index in [9.17, 15) is 9.90 Å². The Labute approximate surface area is 181 Å². The molecule has 1 atom stereocenters. The van der Waals surface area contributed by atoms with E-state index in [1.807, 2.05) is 12.1 Å². The van der Waals surface area contributed by atoms with Crippen LogP contribution < -0.4 is 10.4 Å². The summed E-state index contributed by atoms with van der Waals surface area (Å²) in [5.41, 5.74) is 0.772. The molecule has 0 unspecified atom stereocenters. The number of aliphatic hydroxyl groups excluding tert-OH is 1. The summed E-state index contributed by atoms with van der Waals surface area (Å²) in [4.78, 5) is 11.7. The van der Waals surface area contributed by atoms with Crippen molar-refractivity contribution in [1.82, 2.24) is 0 Å².